The zero-order chi connectivity index (χ0) is 89.7. The Bertz CT molecular complexity index is 6350. The first-order valence-corrected chi connectivity index (χ1v) is 41.2. The van der Waals surface area contributed by atoms with E-state index in [0.717, 1.165) is 87.7 Å². The SMILES string of the molecule is CCn1c(Cn2ccnc2-c2cccc(F)n2)nc(-c2cccc(C(F)(F)F)c2)c1C.CCn1c(Cn2ccnc2-c2cccc(F)n2)nc(Br)c1C.CCn1c(Cn2ccnc2-c2cccc(F)n2)nc(C)c1-c1cccc(C(F)(F)F)c1.CCn1c(Cn2ccnc2-c2cccc(F)n2)nc(C)c1Br.CCn1ccnc1Cn1ccnc1-c1cccc(F)n1. The predicted molar refractivity (Wildman–Crippen MR) is 457 cm³/mol. The summed E-state index contributed by atoms with van der Waals surface area (Å²) in [6.45, 7) is 23.6. The van der Waals surface area contributed by atoms with Gasteiger partial charge in [0.1, 0.15) is 66.8 Å². The normalized spacial score (nSPS) is 11.4. The number of alkyl halides is 6. The summed E-state index contributed by atoms with van der Waals surface area (Å²) in [4.78, 5) is 63.6. The number of aromatic nitrogens is 25. The van der Waals surface area contributed by atoms with E-state index in [1.165, 1.54) is 42.5 Å². The number of hydrogen-bond donors (Lipinski definition) is 0. The molecule has 0 aliphatic heterocycles. The number of hydrogen-bond acceptors (Lipinski definition) is 15. The summed E-state index contributed by atoms with van der Waals surface area (Å²) in [6.07, 6.45) is 12.1. The number of benzene rings is 2. The van der Waals surface area contributed by atoms with Crippen molar-refractivity contribution >= 4 is 31.9 Å². The van der Waals surface area contributed by atoms with Gasteiger partial charge in [0.25, 0.3) is 0 Å². The molecule has 0 unspecified atom stereocenters. The summed E-state index contributed by atoms with van der Waals surface area (Å²) in [7, 11) is 0. The second kappa shape index (κ2) is 40.0. The fourth-order valence-electron chi connectivity index (χ4n) is 14.3. The van der Waals surface area contributed by atoms with E-state index in [9.17, 15) is 48.3 Å². The lowest BCUT2D eigenvalue weighted by atomic mass is 10.1. The molecule has 650 valence electrons. The maximum atomic E-state index is 13.6. The summed E-state index contributed by atoms with van der Waals surface area (Å²) in [6, 6.07) is 33.4. The van der Waals surface area contributed by atoms with Crippen LogP contribution in [0.15, 0.2) is 223 Å². The Kier molecular flexibility index (Phi) is 28.6. The van der Waals surface area contributed by atoms with Gasteiger partial charge in [-0.3, -0.25) is 0 Å². The first-order valence-electron chi connectivity index (χ1n) is 39.6. The monoisotopic (exact) mass is 1860 g/mol. The van der Waals surface area contributed by atoms with Crippen LogP contribution in [-0.2, 0) is 77.8 Å². The van der Waals surface area contributed by atoms with Gasteiger partial charge >= 0.3 is 12.4 Å². The molecular weight excluding hydrogens is 1780 g/mol. The topological polar surface area (TPSA) is 243 Å². The van der Waals surface area contributed by atoms with Gasteiger partial charge in [-0.2, -0.15) is 48.3 Å². The Balaban J connectivity index is 0.000000137. The standard InChI is InChI=1S/2C22H19F4N5.2C15H15BrFN5.C14H14FN5/c1-3-31-14(2)20(15-6-4-7-16(12-15)22(24,25)26)29-19(31)13-30-11-10-27-21(30)17-8-5-9-18(23)28-17;1-3-31-19(13-30-11-10-27-21(30)17-8-5-9-18(23)29-17)28-14(2)20(31)15-6-4-7-16(12-15)22(24,25)26;1-3-22-10(2)14(16)20-13(22)9-21-8-7-18-15(21)11-5-4-6-12(17)19-11;1-3-22-13(19-10(2)14(22)16)9-21-8-7-18-15(21)11-5-4-6-12(17)20-11;1-2-19-8-6-16-13(19)10-20-9-7-17-14(20)11-4-3-5-12(15)18-11/h2*4-12H,3,13H2,1-2H3;2*4-8H,3,9H2,1-2H3;3-9H,2,10H2,1H3. The highest BCUT2D eigenvalue weighted by Crippen LogP contribution is 2.37. The zero-order valence-corrected chi connectivity index (χ0v) is 72.5. The van der Waals surface area contributed by atoms with Crippen LogP contribution in [0.4, 0.5) is 48.3 Å². The molecule has 0 bridgehead atoms. The molecule has 126 heavy (non-hydrogen) atoms. The lowest BCUT2D eigenvalue weighted by molar-refractivity contribution is -0.138. The molecule has 0 N–H and O–H groups in total. The van der Waals surface area contributed by atoms with Crippen LogP contribution in [0.1, 0.15) is 97.6 Å². The van der Waals surface area contributed by atoms with Gasteiger partial charge in [0.2, 0.25) is 29.7 Å². The van der Waals surface area contributed by atoms with Crippen LogP contribution in [-0.4, -0.2) is 120 Å². The first kappa shape index (κ1) is 90.2. The summed E-state index contributed by atoms with van der Waals surface area (Å²) >= 11 is 7.02. The van der Waals surface area contributed by atoms with Gasteiger partial charge < -0.3 is 45.7 Å². The van der Waals surface area contributed by atoms with Gasteiger partial charge in [0, 0.05) is 130 Å². The molecule has 0 spiro atoms. The molecule has 17 rings (SSSR count). The number of rotatable bonds is 22. The summed E-state index contributed by atoms with van der Waals surface area (Å²) in [5.41, 5.74) is 6.29. The average molecular weight is 1860 g/mol. The number of nitrogens with zero attached hydrogens (tertiary/aromatic N) is 25. The van der Waals surface area contributed by atoms with Gasteiger partial charge in [-0.25, -0.2) is 74.8 Å². The number of imidazole rings is 10. The van der Waals surface area contributed by atoms with E-state index in [1.54, 1.807) is 138 Å². The van der Waals surface area contributed by atoms with Crippen molar-refractivity contribution in [1.29, 1.82) is 0 Å². The third-order valence-corrected chi connectivity index (χ3v) is 21.9. The fourth-order valence-corrected chi connectivity index (χ4v) is 15.2. The fraction of sp³-hybridized carbons (Fsp3) is 0.239. The lowest BCUT2D eigenvalue weighted by Gasteiger charge is -2.13. The number of aryl methyl sites for hydroxylation is 3. The highest BCUT2D eigenvalue weighted by molar-refractivity contribution is 9.10. The van der Waals surface area contributed by atoms with Crippen LogP contribution in [0.2, 0.25) is 0 Å². The van der Waals surface area contributed by atoms with Crippen molar-refractivity contribution in [1.82, 2.24) is 120 Å². The molecule has 0 atom stereocenters. The highest BCUT2D eigenvalue weighted by Gasteiger charge is 2.33. The van der Waals surface area contributed by atoms with E-state index < -0.39 is 53.2 Å². The second-order valence-electron chi connectivity index (χ2n) is 28.1. The number of halogens is 13. The molecule has 15 aromatic heterocycles. The van der Waals surface area contributed by atoms with Gasteiger partial charge in [-0.05, 0) is 179 Å². The molecule has 0 saturated carbocycles. The Hall–Kier alpha value is -13.5. The van der Waals surface area contributed by atoms with E-state index in [2.05, 4.69) is 141 Å². The van der Waals surface area contributed by atoms with E-state index >= 15 is 0 Å². The third-order valence-electron chi connectivity index (χ3n) is 20.1. The molecule has 15 heterocycles. The number of pyridine rings is 5. The van der Waals surface area contributed by atoms with Crippen LogP contribution >= 0.6 is 31.9 Å². The first-order chi connectivity index (χ1) is 60.5. The average Bonchev–Trinajstić information content (AvgIpc) is 1.63. The smallest absolute Gasteiger partial charge is 0.334 e. The Morgan fingerprint density at radius 3 is 0.976 bits per heavy atom. The minimum Gasteiger partial charge on any atom is -0.334 e. The molecule has 38 heteroatoms. The van der Waals surface area contributed by atoms with Crippen LogP contribution in [0.5, 0.6) is 0 Å². The largest absolute Gasteiger partial charge is 0.416 e. The zero-order valence-electron chi connectivity index (χ0n) is 69.4. The van der Waals surface area contributed by atoms with E-state index in [0.29, 0.717) is 143 Å². The molecular formula is C88H82Br2F11N25. The third kappa shape index (κ3) is 21.1. The van der Waals surface area contributed by atoms with Crippen LogP contribution in [0.3, 0.4) is 0 Å². The molecule has 0 aliphatic rings. The molecule has 0 saturated heterocycles. The van der Waals surface area contributed by atoms with Gasteiger partial charge in [-0.1, -0.05) is 54.6 Å². The van der Waals surface area contributed by atoms with Gasteiger partial charge in [0.15, 0.2) is 29.1 Å². The van der Waals surface area contributed by atoms with Crippen molar-refractivity contribution in [3.05, 3.63) is 316 Å². The lowest BCUT2D eigenvalue weighted by Crippen LogP contribution is -2.10. The van der Waals surface area contributed by atoms with E-state index in [-0.39, 0.29) is 0 Å². The van der Waals surface area contributed by atoms with Gasteiger partial charge in [0.05, 0.1) is 66.6 Å². The quantitative estimate of drug-likeness (QED) is 0.0452. The Labute approximate surface area is 732 Å². The molecule has 0 amide bonds. The Morgan fingerprint density at radius 2 is 0.611 bits per heavy atom. The minimum atomic E-state index is -4.43. The molecule has 25 nitrogen and oxygen atoms in total. The molecule has 2 aromatic carbocycles. The van der Waals surface area contributed by atoms with Crippen LogP contribution < -0.4 is 0 Å². The summed E-state index contributed by atoms with van der Waals surface area (Å²) in [5.74, 6) is 4.17. The van der Waals surface area contributed by atoms with Crippen molar-refractivity contribution < 1.29 is 48.3 Å². The predicted octanol–water partition coefficient (Wildman–Crippen LogP) is 19.9. The molecule has 17 aromatic rings. The van der Waals surface area contributed by atoms with Crippen molar-refractivity contribution in [2.24, 2.45) is 0 Å². The van der Waals surface area contributed by atoms with Crippen molar-refractivity contribution in [3.63, 3.8) is 0 Å². The van der Waals surface area contributed by atoms with Crippen molar-refractivity contribution in [2.75, 3.05) is 0 Å². The highest BCUT2D eigenvalue weighted by atomic mass is 79.9. The van der Waals surface area contributed by atoms with Crippen molar-refractivity contribution in [3.8, 4) is 80.1 Å². The van der Waals surface area contributed by atoms with Crippen LogP contribution in [0, 0.1) is 57.4 Å². The molecule has 0 fully saturated rings. The summed E-state index contributed by atoms with van der Waals surface area (Å²) in [5, 5.41) is 0. The molecule has 0 aliphatic carbocycles. The maximum Gasteiger partial charge on any atom is 0.416 e. The van der Waals surface area contributed by atoms with Gasteiger partial charge in [-0.15, -0.1) is 0 Å². The molecule has 0 radical (unpaired) electrons. The van der Waals surface area contributed by atoms with Crippen LogP contribution in [0.25, 0.3) is 80.1 Å². The second-order valence-corrected chi connectivity index (χ2v) is 29.6. The van der Waals surface area contributed by atoms with Crippen molar-refractivity contribution in [2.45, 2.75) is 140 Å². The maximum absolute atomic E-state index is 13.6. The Morgan fingerprint density at radius 1 is 0.302 bits per heavy atom. The van der Waals surface area contributed by atoms with E-state index in [1.807, 2.05) is 82.2 Å². The minimum absolute atomic E-state index is 0.307. The van der Waals surface area contributed by atoms with E-state index in [4.69, 9.17) is 0 Å². The summed E-state index contributed by atoms with van der Waals surface area (Å²) < 4.78 is 167.